The standard InChI is InChI=1S/C20H17FN2O/c21-17-10-8-16(9-11-17)20(24)23-14-13-22-12-4-7-18(22)19(23)15-5-2-1-3-6-15/h1-12,19H,13-14H2. The number of carbonyl (C=O) groups excluding carboxylic acids is 1. The number of hydrogen-bond acceptors (Lipinski definition) is 1. The van der Waals surface area contributed by atoms with Gasteiger partial charge in [-0.1, -0.05) is 30.3 Å². The lowest BCUT2D eigenvalue weighted by Gasteiger charge is -2.37. The molecule has 1 aliphatic rings. The van der Waals surface area contributed by atoms with E-state index in [1.165, 1.54) is 12.1 Å². The van der Waals surface area contributed by atoms with E-state index in [-0.39, 0.29) is 17.8 Å². The lowest BCUT2D eigenvalue weighted by atomic mass is 9.99. The third-order valence-electron chi connectivity index (χ3n) is 4.51. The molecule has 0 fully saturated rings. The Bertz CT molecular complexity index is 855. The van der Waals surface area contributed by atoms with Crippen molar-refractivity contribution in [2.75, 3.05) is 6.54 Å². The molecule has 4 heteroatoms. The molecule has 1 aliphatic heterocycles. The van der Waals surface area contributed by atoms with Gasteiger partial charge < -0.3 is 9.47 Å². The van der Waals surface area contributed by atoms with Gasteiger partial charge >= 0.3 is 0 Å². The topological polar surface area (TPSA) is 25.2 Å². The van der Waals surface area contributed by atoms with E-state index < -0.39 is 0 Å². The maximum absolute atomic E-state index is 13.2. The number of hydrogen-bond donors (Lipinski definition) is 0. The summed E-state index contributed by atoms with van der Waals surface area (Å²) in [5.74, 6) is -0.407. The number of nitrogens with zero attached hydrogens (tertiary/aromatic N) is 2. The average molecular weight is 320 g/mol. The van der Waals surface area contributed by atoms with Crippen LogP contribution >= 0.6 is 0 Å². The molecule has 3 aromatic rings. The van der Waals surface area contributed by atoms with Crippen LogP contribution in [0.2, 0.25) is 0 Å². The van der Waals surface area contributed by atoms with Crippen molar-refractivity contribution >= 4 is 5.91 Å². The van der Waals surface area contributed by atoms with E-state index in [1.807, 2.05) is 47.5 Å². The molecule has 0 spiro atoms. The van der Waals surface area contributed by atoms with E-state index in [2.05, 4.69) is 10.6 Å². The molecule has 24 heavy (non-hydrogen) atoms. The fourth-order valence-corrected chi connectivity index (χ4v) is 3.35. The number of benzene rings is 2. The van der Waals surface area contributed by atoms with Gasteiger partial charge in [-0.05, 0) is 42.0 Å². The number of amides is 1. The molecular weight excluding hydrogens is 303 g/mol. The average Bonchev–Trinajstić information content (AvgIpc) is 3.10. The molecule has 120 valence electrons. The number of carbonyl (C=O) groups is 1. The van der Waals surface area contributed by atoms with Crippen molar-refractivity contribution < 1.29 is 9.18 Å². The van der Waals surface area contributed by atoms with E-state index >= 15 is 0 Å². The van der Waals surface area contributed by atoms with Crippen LogP contribution in [0.1, 0.15) is 27.7 Å². The summed E-state index contributed by atoms with van der Waals surface area (Å²) >= 11 is 0. The van der Waals surface area contributed by atoms with Gasteiger partial charge in [0.25, 0.3) is 5.91 Å². The quantitative estimate of drug-likeness (QED) is 0.703. The first-order valence-corrected chi connectivity index (χ1v) is 8.00. The predicted molar refractivity (Wildman–Crippen MR) is 90.2 cm³/mol. The molecule has 1 amide bonds. The summed E-state index contributed by atoms with van der Waals surface area (Å²) in [6, 6.07) is 19.7. The molecule has 0 saturated carbocycles. The SMILES string of the molecule is O=C(c1ccc(F)cc1)N1CCn2cccc2C1c1ccccc1. The molecule has 1 aromatic heterocycles. The van der Waals surface area contributed by atoms with E-state index in [0.717, 1.165) is 17.8 Å². The Balaban J connectivity index is 1.76. The monoisotopic (exact) mass is 320 g/mol. The Labute approximate surface area is 140 Å². The highest BCUT2D eigenvalue weighted by Gasteiger charge is 2.32. The summed E-state index contributed by atoms with van der Waals surface area (Å²) in [7, 11) is 0. The minimum absolute atomic E-state index is 0.0729. The summed E-state index contributed by atoms with van der Waals surface area (Å²) in [5.41, 5.74) is 2.69. The van der Waals surface area contributed by atoms with Crippen LogP contribution in [0.25, 0.3) is 0 Å². The van der Waals surface area contributed by atoms with Crippen LogP contribution in [-0.2, 0) is 6.54 Å². The second-order valence-corrected chi connectivity index (χ2v) is 5.95. The Morgan fingerprint density at radius 3 is 2.42 bits per heavy atom. The van der Waals surface area contributed by atoms with Crippen molar-refractivity contribution in [1.82, 2.24) is 9.47 Å². The van der Waals surface area contributed by atoms with Crippen LogP contribution < -0.4 is 0 Å². The second-order valence-electron chi connectivity index (χ2n) is 5.95. The summed E-state index contributed by atoms with van der Waals surface area (Å²) in [6.45, 7) is 1.38. The molecule has 1 atom stereocenters. The minimum atomic E-state index is -0.335. The highest BCUT2D eigenvalue weighted by Crippen LogP contribution is 2.33. The molecule has 0 N–H and O–H groups in total. The predicted octanol–water partition coefficient (Wildman–Crippen LogP) is 3.87. The fourth-order valence-electron chi connectivity index (χ4n) is 3.35. The van der Waals surface area contributed by atoms with Gasteiger partial charge in [0.05, 0.1) is 6.04 Å². The van der Waals surface area contributed by atoms with Crippen molar-refractivity contribution in [3.63, 3.8) is 0 Å². The van der Waals surface area contributed by atoms with E-state index in [1.54, 1.807) is 12.1 Å². The molecule has 1 unspecified atom stereocenters. The van der Waals surface area contributed by atoms with Gasteiger partial charge in [-0.25, -0.2) is 4.39 Å². The van der Waals surface area contributed by atoms with E-state index in [4.69, 9.17) is 0 Å². The van der Waals surface area contributed by atoms with Crippen LogP contribution in [0.4, 0.5) is 4.39 Å². The maximum atomic E-state index is 13.2. The zero-order valence-electron chi connectivity index (χ0n) is 13.1. The third kappa shape index (κ3) is 2.50. The molecule has 0 saturated heterocycles. The van der Waals surface area contributed by atoms with Crippen LogP contribution in [0.5, 0.6) is 0 Å². The van der Waals surface area contributed by atoms with Crippen LogP contribution in [0.15, 0.2) is 72.9 Å². The molecule has 2 heterocycles. The Morgan fingerprint density at radius 1 is 0.917 bits per heavy atom. The smallest absolute Gasteiger partial charge is 0.254 e. The van der Waals surface area contributed by atoms with Gasteiger partial charge in [0.2, 0.25) is 0 Å². The zero-order chi connectivity index (χ0) is 16.5. The van der Waals surface area contributed by atoms with Crippen molar-refractivity contribution in [2.24, 2.45) is 0 Å². The molecule has 2 aromatic carbocycles. The number of fused-ring (bicyclic) bond motifs is 1. The van der Waals surface area contributed by atoms with E-state index in [9.17, 15) is 9.18 Å². The molecule has 4 rings (SSSR count). The molecule has 0 aliphatic carbocycles. The lowest BCUT2D eigenvalue weighted by Crippen LogP contribution is -2.42. The van der Waals surface area contributed by atoms with Gasteiger partial charge in [0, 0.05) is 30.5 Å². The van der Waals surface area contributed by atoms with Crippen LogP contribution in [0.3, 0.4) is 0 Å². The second kappa shape index (κ2) is 5.96. The number of aromatic nitrogens is 1. The van der Waals surface area contributed by atoms with Crippen LogP contribution in [-0.4, -0.2) is 21.9 Å². The summed E-state index contributed by atoms with van der Waals surface area (Å²) in [4.78, 5) is 14.9. The fraction of sp³-hybridized carbons (Fsp3) is 0.150. The summed E-state index contributed by atoms with van der Waals surface area (Å²) in [5, 5.41) is 0. The minimum Gasteiger partial charge on any atom is -0.348 e. The molecule has 0 bridgehead atoms. The zero-order valence-corrected chi connectivity index (χ0v) is 13.1. The molecule has 0 radical (unpaired) electrons. The Hall–Kier alpha value is -2.88. The van der Waals surface area contributed by atoms with Gasteiger partial charge in [0.1, 0.15) is 5.82 Å². The summed E-state index contributed by atoms with van der Waals surface area (Å²) in [6.07, 6.45) is 2.05. The first-order valence-electron chi connectivity index (χ1n) is 8.00. The van der Waals surface area contributed by atoms with Crippen molar-refractivity contribution in [2.45, 2.75) is 12.6 Å². The van der Waals surface area contributed by atoms with Crippen molar-refractivity contribution in [1.29, 1.82) is 0 Å². The Kier molecular flexibility index (Phi) is 3.65. The molecular formula is C20H17FN2O. The maximum Gasteiger partial charge on any atom is 0.254 e. The van der Waals surface area contributed by atoms with Gasteiger partial charge in [-0.15, -0.1) is 0 Å². The lowest BCUT2D eigenvalue weighted by molar-refractivity contribution is 0.0664. The first kappa shape index (κ1) is 14.7. The van der Waals surface area contributed by atoms with Crippen LogP contribution in [0, 0.1) is 5.82 Å². The Morgan fingerprint density at radius 2 is 1.67 bits per heavy atom. The third-order valence-corrected chi connectivity index (χ3v) is 4.51. The normalized spacial score (nSPS) is 16.7. The number of rotatable bonds is 2. The van der Waals surface area contributed by atoms with E-state index in [0.29, 0.717) is 12.1 Å². The van der Waals surface area contributed by atoms with Gasteiger partial charge in [0.15, 0.2) is 0 Å². The first-order chi connectivity index (χ1) is 11.7. The highest BCUT2D eigenvalue weighted by molar-refractivity contribution is 5.94. The molecule has 3 nitrogen and oxygen atoms in total. The summed E-state index contributed by atoms with van der Waals surface area (Å²) < 4.78 is 15.3. The largest absolute Gasteiger partial charge is 0.348 e. The van der Waals surface area contributed by atoms with Gasteiger partial charge in [-0.2, -0.15) is 0 Å². The van der Waals surface area contributed by atoms with Crippen molar-refractivity contribution in [3.05, 3.63) is 95.6 Å². The number of halogens is 1. The van der Waals surface area contributed by atoms with Crippen molar-refractivity contribution in [3.8, 4) is 0 Å². The highest BCUT2D eigenvalue weighted by atomic mass is 19.1. The van der Waals surface area contributed by atoms with Gasteiger partial charge in [-0.3, -0.25) is 4.79 Å².